The Bertz CT molecular complexity index is 419. The van der Waals surface area contributed by atoms with Crippen LogP contribution in [0.15, 0.2) is 36.9 Å². The molecule has 1 heterocycles. The SMILES string of the molecule is C=C[C@H](c1ccc(C(F)(F)F)cc1)N1CCNCC1. The van der Waals surface area contributed by atoms with Gasteiger partial charge in [-0.05, 0) is 17.7 Å². The fourth-order valence-electron chi connectivity index (χ4n) is 2.33. The van der Waals surface area contributed by atoms with E-state index in [4.69, 9.17) is 0 Å². The largest absolute Gasteiger partial charge is 0.416 e. The predicted octanol–water partition coefficient (Wildman–Crippen LogP) is 2.84. The second-order valence-electron chi connectivity index (χ2n) is 4.59. The topological polar surface area (TPSA) is 15.3 Å². The number of benzene rings is 1. The first-order valence-corrected chi connectivity index (χ1v) is 6.27. The van der Waals surface area contributed by atoms with Crippen LogP contribution in [-0.4, -0.2) is 31.1 Å². The van der Waals surface area contributed by atoms with E-state index in [0.717, 1.165) is 43.9 Å². The van der Waals surface area contributed by atoms with Crippen LogP contribution in [0.1, 0.15) is 17.2 Å². The summed E-state index contributed by atoms with van der Waals surface area (Å²) >= 11 is 0. The smallest absolute Gasteiger partial charge is 0.314 e. The lowest BCUT2D eigenvalue weighted by molar-refractivity contribution is -0.137. The molecule has 2 nitrogen and oxygen atoms in total. The molecule has 104 valence electrons. The zero-order chi connectivity index (χ0) is 13.9. The van der Waals surface area contributed by atoms with Gasteiger partial charge in [0, 0.05) is 26.2 Å². The lowest BCUT2D eigenvalue weighted by Crippen LogP contribution is -2.44. The van der Waals surface area contributed by atoms with E-state index >= 15 is 0 Å². The molecule has 0 saturated carbocycles. The molecule has 1 N–H and O–H groups in total. The van der Waals surface area contributed by atoms with Gasteiger partial charge >= 0.3 is 6.18 Å². The van der Waals surface area contributed by atoms with Gasteiger partial charge in [-0.1, -0.05) is 18.2 Å². The Morgan fingerprint density at radius 1 is 1.16 bits per heavy atom. The standard InChI is InChI=1S/C14H17F3N2/c1-2-13(19-9-7-18-8-10-19)11-3-5-12(6-4-11)14(15,16)17/h2-6,13,18H,1,7-10H2/t13-/m1/s1. The highest BCUT2D eigenvalue weighted by molar-refractivity contribution is 5.29. The fraction of sp³-hybridized carbons (Fsp3) is 0.429. The van der Waals surface area contributed by atoms with Gasteiger partial charge in [-0.25, -0.2) is 0 Å². The minimum atomic E-state index is -4.28. The molecular weight excluding hydrogens is 253 g/mol. The van der Waals surface area contributed by atoms with Crippen molar-refractivity contribution in [3.05, 3.63) is 48.0 Å². The molecule has 19 heavy (non-hydrogen) atoms. The van der Waals surface area contributed by atoms with Crippen molar-refractivity contribution in [2.45, 2.75) is 12.2 Å². The summed E-state index contributed by atoms with van der Waals surface area (Å²) < 4.78 is 37.6. The lowest BCUT2D eigenvalue weighted by atomic mass is 10.0. The summed E-state index contributed by atoms with van der Waals surface area (Å²) in [6.45, 7) is 7.33. The molecule has 1 aromatic rings. The van der Waals surface area contributed by atoms with Crippen molar-refractivity contribution in [2.75, 3.05) is 26.2 Å². The van der Waals surface area contributed by atoms with E-state index in [1.165, 1.54) is 12.1 Å². The third kappa shape index (κ3) is 3.36. The highest BCUT2D eigenvalue weighted by atomic mass is 19.4. The number of rotatable bonds is 3. The minimum Gasteiger partial charge on any atom is -0.314 e. The van der Waals surface area contributed by atoms with Gasteiger partial charge in [0.1, 0.15) is 0 Å². The maximum Gasteiger partial charge on any atom is 0.416 e. The van der Waals surface area contributed by atoms with Crippen molar-refractivity contribution in [2.24, 2.45) is 0 Å². The van der Waals surface area contributed by atoms with Gasteiger partial charge in [0.2, 0.25) is 0 Å². The number of alkyl halides is 3. The van der Waals surface area contributed by atoms with E-state index in [0.29, 0.717) is 0 Å². The zero-order valence-corrected chi connectivity index (χ0v) is 10.6. The Labute approximate surface area is 110 Å². The van der Waals surface area contributed by atoms with E-state index in [-0.39, 0.29) is 6.04 Å². The summed E-state index contributed by atoms with van der Waals surface area (Å²) in [5, 5.41) is 3.25. The van der Waals surface area contributed by atoms with Crippen LogP contribution in [-0.2, 0) is 6.18 Å². The summed E-state index contributed by atoms with van der Waals surface area (Å²) in [6.07, 6.45) is -2.49. The molecule has 0 radical (unpaired) electrons. The Hall–Kier alpha value is -1.33. The van der Waals surface area contributed by atoms with Crippen LogP contribution in [0.4, 0.5) is 13.2 Å². The zero-order valence-electron chi connectivity index (χ0n) is 10.6. The number of nitrogens with one attached hydrogen (secondary N) is 1. The normalized spacial score (nSPS) is 19.1. The molecule has 1 aliphatic rings. The minimum absolute atomic E-state index is 0.0237. The average molecular weight is 270 g/mol. The first-order chi connectivity index (χ1) is 9.02. The maximum absolute atomic E-state index is 12.5. The molecule has 0 spiro atoms. The van der Waals surface area contributed by atoms with Crippen LogP contribution in [0.3, 0.4) is 0 Å². The third-order valence-corrected chi connectivity index (χ3v) is 3.35. The maximum atomic E-state index is 12.5. The molecule has 0 aromatic heterocycles. The first-order valence-electron chi connectivity index (χ1n) is 6.27. The summed E-state index contributed by atoms with van der Waals surface area (Å²) in [4.78, 5) is 2.21. The van der Waals surface area contributed by atoms with Crippen LogP contribution in [0, 0.1) is 0 Å². The summed E-state index contributed by atoms with van der Waals surface area (Å²) in [7, 11) is 0. The molecule has 1 atom stereocenters. The van der Waals surface area contributed by atoms with Gasteiger partial charge in [0.15, 0.2) is 0 Å². The number of halogens is 3. The molecule has 1 fully saturated rings. The molecule has 0 aliphatic carbocycles. The Morgan fingerprint density at radius 3 is 2.21 bits per heavy atom. The summed E-state index contributed by atoms with van der Waals surface area (Å²) in [5.41, 5.74) is 0.240. The van der Waals surface area contributed by atoms with Crippen molar-refractivity contribution < 1.29 is 13.2 Å². The lowest BCUT2D eigenvalue weighted by Gasteiger charge is -2.33. The second kappa shape index (κ2) is 5.75. The van der Waals surface area contributed by atoms with Crippen molar-refractivity contribution >= 4 is 0 Å². The molecule has 1 aliphatic heterocycles. The van der Waals surface area contributed by atoms with E-state index in [9.17, 15) is 13.2 Å². The monoisotopic (exact) mass is 270 g/mol. The summed E-state index contributed by atoms with van der Waals surface area (Å²) in [6, 6.07) is 5.32. The van der Waals surface area contributed by atoms with E-state index < -0.39 is 11.7 Å². The van der Waals surface area contributed by atoms with E-state index in [2.05, 4.69) is 16.8 Å². The molecule has 1 saturated heterocycles. The van der Waals surface area contributed by atoms with Crippen LogP contribution in [0.2, 0.25) is 0 Å². The number of nitrogens with zero attached hydrogens (tertiary/aromatic N) is 1. The molecule has 0 amide bonds. The summed E-state index contributed by atoms with van der Waals surface area (Å²) in [5.74, 6) is 0. The molecule has 0 unspecified atom stereocenters. The van der Waals surface area contributed by atoms with E-state index in [1.807, 2.05) is 0 Å². The van der Waals surface area contributed by atoms with Gasteiger partial charge in [-0.2, -0.15) is 13.2 Å². The van der Waals surface area contributed by atoms with Crippen LogP contribution in [0.25, 0.3) is 0 Å². The van der Waals surface area contributed by atoms with Crippen LogP contribution < -0.4 is 5.32 Å². The number of hydrogen-bond donors (Lipinski definition) is 1. The second-order valence-corrected chi connectivity index (χ2v) is 4.59. The quantitative estimate of drug-likeness (QED) is 0.850. The van der Waals surface area contributed by atoms with Gasteiger partial charge in [-0.3, -0.25) is 4.90 Å². The Morgan fingerprint density at radius 2 is 1.74 bits per heavy atom. The van der Waals surface area contributed by atoms with Crippen LogP contribution in [0.5, 0.6) is 0 Å². The highest BCUT2D eigenvalue weighted by Gasteiger charge is 2.30. The highest BCUT2D eigenvalue weighted by Crippen LogP contribution is 2.31. The van der Waals surface area contributed by atoms with Gasteiger partial charge < -0.3 is 5.32 Å². The number of hydrogen-bond acceptors (Lipinski definition) is 2. The average Bonchev–Trinajstić information content (AvgIpc) is 2.40. The van der Waals surface area contributed by atoms with Crippen molar-refractivity contribution in [1.82, 2.24) is 10.2 Å². The van der Waals surface area contributed by atoms with E-state index in [1.54, 1.807) is 6.08 Å². The van der Waals surface area contributed by atoms with Crippen LogP contribution >= 0.6 is 0 Å². The molecule has 1 aromatic carbocycles. The predicted molar refractivity (Wildman–Crippen MR) is 68.8 cm³/mol. The molecule has 2 rings (SSSR count). The van der Waals surface area contributed by atoms with Gasteiger partial charge in [-0.15, -0.1) is 6.58 Å². The third-order valence-electron chi connectivity index (χ3n) is 3.35. The molecule has 5 heteroatoms. The van der Waals surface area contributed by atoms with Crippen molar-refractivity contribution in [1.29, 1.82) is 0 Å². The Balaban J connectivity index is 2.16. The van der Waals surface area contributed by atoms with Gasteiger partial charge in [0.25, 0.3) is 0 Å². The van der Waals surface area contributed by atoms with Crippen molar-refractivity contribution in [3.63, 3.8) is 0 Å². The van der Waals surface area contributed by atoms with Gasteiger partial charge in [0.05, 0.1) is 11.6 Å². The first kappa shape index (κ1) is 14.1. The molecular formula is C14H17F3N2. The number of piperazine rings is 1. The van der Waals surface area contributed by atoms with Crippen molar-refractivity contribution in [3.8, 4) is 0 Å². The molecule has 0 bridgehead atoms. The Kier molecular flexibility index (Phi) is 4.27. The fourth-order valence-corrected chi connectivity index (χ4v) is 2.33.